The number of hydrogen-bond donors (Lipinski definition) is 2. The molecular weight excluding hydrogens is 424 g/mol. The van der Waals surface area contributed by atoms with Gasteiger partial charge in [0.25, 0.3) is 0 Å². The van der Waals surface area contributed by atoms with Crippen molar-refractivity contribution in [2.24, 2.45) is 0 Å². The molecule has 0 saturated carbocycles. The lowest BCUT2D eigenvalue weighted by molar-refractivity contribution is 0.0812. The number of anilines is 1. The molecule has 0 bridgehead atoms. The molecule has 0 aliphatic rings. The monoisotopic (exact) mass is 451 g/mol. The number of aliphatic hydroxyl groups excluding tert-OH is 1. The molecule has 2 aromatic heterocycles. The first-order valence-corrected chi connectivity index (χ1v) is 13.7. The first kappa shape index (κ1) is 23.0. The predicted molar refractivity (Wildman–Crippen MR) is 116 cm³/mol. The Morgan fingerprint density at radius 2 is 2.00 bits per heavy atom. The summed E-state index contributed by atoms with van der Waals surface area (Å²) in [5.74, 6) is -1.42. The number of halogens is 2. The van der Waals surface area contributed by atoms with E-state index in [0.717, 1.165) is 24.2 Å². The Hall–Kier alpha value is -2.63. The second kappa shape index (κ2) is 9.67. The van der Waals surface area contributed by atoms with Crippen LogP contribution in [0.2, 0.25) is 25.7 Å². The van der Waals surface area contributed by atoms with Crippen LogP contribution in [0.4, 0.5) is 14.6 Å². The average Bonchev–Trinajstić information content (AvgIpc) is 3.08. The van der Waals surface area contributed by atoms with Crippen molar-refractivity contribution in [3.05, 3.63) is 36.0 Å². The first-order chi connectivity index (χ1) is 14.6. The zero-order valence-corrected chi connectivity index (χ0v) is 19.0. The summed E-state index contributed by atoms with van der Waals surface area (Å²) in [6, 6.07) is 3.84. The van der Waals surface area contributed by atoms with E-state index in [1.165, 1.54) is 0 Å². The number of nitrogens with zero attached hydrogens (tertiary/aromatic N) is 4. The van der Waals surface area contributed by atoms with Gasteiger partial charge in [-0.05, 0) is 25.1 Å². The summed E-state index contributed by atoms with van der Waals surface area (Å²) in [5.41, 5.74) is 0.425. The van der Waals surface area contributed by atoms with E-state index in [0.29, 0.717) is 23.5 Å². The molecule has 3 rings (SSSR count). The summed E-state index contributed by atoms with van der Waals surface area (Å²) in [5, 5.41) is 17.5. The minimum Gasteiger partial charge on any atom is -0.421 e. The normalized spacial score (nSPS) is 12.9. The van der Waals surface area contributed by atoms with Crippen molar-refractivity contribution in [3.63, 3.8) is 0 Å². The van der Waals surface area contributed by atoms with E-state index in [-0.39, 0.29) is 25.0 Å². The SMILES string of the molecule is CC(O)CNc1nc(Oc2ccc(F)cc2F)nc2c1cnn2COCC[Si](C)(C)C. The van der Waals surface area contributed by atoms with Crippen LogP contribution in [0, 0.1) is 11.6 Å². The highest BCUT2D eigenvalue weighted by molar-refractivity contribution is 6.76. The maximum Gasteiger partial charge on any atom is 0.326 e. The van der Waals surface area contributed by atoms with Crippen molar-refractivity contribution in [3.8, 4) is 11.8 Å². The zero-order chi connectivity index (χ0) is 22.6. The Kier molecular flexibility index (Phi) is 7.18. The van der Waals surface area contributed by atoms with Gasteiger partial charge in [-0.1, -0.05) is 19.6 Å². The van der Waals surface area contributed by atoms with E-state index >= 15 is 0 Å². The molecule has 8 nitrogen and oxygen atoms in total. The molecule has 1 unspecified atom stereocenters. The highest BCUT2D eigenvalue weighted by Crippen LogP contribution is 2.27. The summed E-state index contributed by atoms with van der Waals surface area (Å²) in [4.78, 5) is 8.61. The summed E-state index contributed by atoms with van der Waals surface area (Å²) >= 11 is 0. The van der Waals surface area contributed by atoms with Gasteiger partial charge >= 0.3 is 6.01 Å². The fraction of sp³-hybridized carbons (Fsp3) is 0.450. The lowest BCUT2D eigenvalue weighted by Crippen LogP contribution is -2.22. The minimum atomic E-state index is -1.22. The zero-order valence-electron chi connectivity index (χ0n) is 18.0. The fourth-order valence-corrected chi connectivity index (χ4v) is 3.40. The van der Waals surface area contributed by atoms with Crippen LogP contribution >= 0.6 is 0 Å². The van der Waals surface area contributed by atoms with Crippen molar-refractivity contribution in [2.45, 2.75) is 45.4 Å². The average molecular weight is 452 g/mol. The van der Waals surface area contributed by atoms with Gasteiger partial charge in [0.1, 0.15) is 18.4 Å². The molecule has 0 amide bonds. The van der Waals surface area contributed by atoms with E-state index in [9.17, 15) is 13.9 Å². The van der Waals surface area contributed by atoms with Gasteiger partial charge in [-0.25, -0.2) is 13.5 Å². The maximum absolute atomic E-state index is 14.0. The van der Waals surface area contributed by atoms with Gasteiger partial charge in [-0.15, -0.1) is 0 Å². The van der Waals surface area contributed by atoms with Crippen molar-refractivity contribution in [1.29, 1.82) is 0 Å². The highest BCUT2D eigenvalue weighted by Gasteiger charge is 2.17. The van der Waals surface area contributed by atoms with Gasteiger partial charge in [0.05, 0.1) is 17.7 Å². The van der Waals surface area contributed by atoms with Gasteiger partial charge in [0, 0.05) is 27.3 Å². The second-order valence-corrected chi connectivity index (χ2v) is 14.1. The Balaban J connectivity index is 1.88. The van der Waals surface area contributed by atoms with Crippen molar-refractivity contribution < 1.29 is 23.4 Å². The fourth-order valence-electron chi connectivity index (χ4n) is 2.64. The molecule has 1 atom stereocenters. The molecule has 2 N–H and O–H groups in total. The molecule has 2 heterocycles. The van der Waals surface area contributed by atoms with Crippen LogP contribution in [0.25, 0.3) is 11.0 Å². The van der Waals surface area contributed by atoms with E-state index in [1.807, 2.05) is 0 Å². The van der Waals surface area contributed by atoms with E-state index in [1.54, 1.807) is 17.8 Å². The predicted octanol–water partition coefficient (Wildman–Crippen LogP) is 4.00. The summed E-state index contributed by atoms with van der Waals surface area (Å²) < 4.78 is 40.0. The number of rotatable bonds is 10. The van der Waals surface area contributed by atoms with Crippen LogP contribution in [0.15, 0.2) is 24.4 Å². The van der Waals surface area contributed by atoms with E-state index in [4.69, 9.17) is 9.47 Å². The molecule has 1 aromatic carbocycles. The topological polar surface area (TPSA) is 94.3 Å². The molecule has 11 heteroatoms. The largest absolute Gasteiger partial charge is 0.421 e. The molecule has 0 aliphatic heterocycles. The standard InChI is InChI=1S/C20H27F2N5O3Si/c1-13(28)10-23-18-15-11-24-27(12-29-7-8-31(2,3)4)19(15)26-20(25-18)30-17-6-5-14(21)9-16(17)22/h5-6,9,11,13,28H,7-8,10,12H2,1-4H3,(H,23,25,26). The molecule has 0 aliphatic carbocycles. The van der Waals surface area contributed by atoms with Gasteiger partial charge in [0.15, 0.2) is 17.2 Å². The molecule has 0 radical (unpaired) electrons. The highest BCUT2D eigenvalue weighted by atomic mass is 28.3. The number of aromatic nitrogens is 4. The number of aliphatic hydroxyl groups is 1. The van der Waals surface area contributed by atoms with E-state index < -0.39 is 25.8 Å². The molecule has 3 aromatic rings. The van der Waals surface area contributed by atoms with Crippen molar-refractivity contribution >= 4 is 24.9 Å². The molecule has 0 spiro atoms. The van der Waals surface area contributed by atoms with Gasteiger partial charge in [0.2, 0.25) is 0 Å². The van der Waals surface area contributed by atoms with Crippen LogP contribution in [0.5, 0.6) is 11.8 Å². The molecule has 0 fully saturated rings. The lowest BCUT2D eigenvalue weighted by Gasteiger charge is -2.15. The third-order valence-electron chi connectivity index (χ3n) is 4.35. The number of hydrogen-bond acceptors (Lipinski definition) is 7. The quantitative estimate of drug-likeness (QED) is 0.355. The molecular formula is C20H27F2N5O3Si. The van der Waals surface area contributed by atoms with Crippen LogP contribution < -0.4 is 10.1 Å². The van der Waals surface area contributed by atoms with E-state index in [2.05, 4.69) is 40.0 Å². The number of fused-ring (bicyclic) bond motifs is 1. The molecule has 168 valence electrons. The smallest absolute Gasteiger partial charge is 0.326 e. The summed E-state index contributed by atoms with van der Waals surface area (Å²) in [6.45, 7) is 9.47. The van der Waals surface area contributed by atoms with Gasteiger partial charge in [-0.3, -0.25) is 0 Å². The molecule has 31 heavy (non-hydrogen) atoms. The Labute approximate surface area is 180 Å². The van der Waals surface area contributed by atoms with Crippen LogP contribution in [0.3, 0.4) is 0 Å². The number of nitrogens with one attached hydrogen (secondary N) is 1. The third kappa shape index (κ3) is 6.42. The maximum atomic E-state index is 14.0. The first-order valence-electron chi connectivity index (χ1n) is 9.98. The van der Waals surface area contributed by atoms with Gasteiger partial charge < -0.3 is 19.9 Å². The second-order valence-electron chi connectivity index (χ2n) is 8.49. The van der Waals surface area contributed by atoms with Crippen LogP contribution in [-0.2, 0) is 11.5 Å². The van der Waals surface area contributed by atoms with Crippen molar-refractivity contribution in [1.82, 2.24) is 19.7 Å². The number of ether oxygens (including phenoxy) is 2. The summed E-state index contributed by atoms with van der Waals surface area (Å²) in [6.07, 6.45) is 0.966. The van der Waals surface area contributed by atoms with Crippen LogP contribution in [0.1, 0.15) is 6.92 Å². The minimum absolute atomic E-state index is 0.144. The Morgan fingerprint density at radius 1 is 1.23 bits per heavy atom. The van der Waals surface area contributed by atoms with Crippen LogP contribution in [-0.4, -0.2) is 52.2 Å². The third-order valence-corrected chi connectivity index (χ3v) is 6.05. The molecule has 0 saturated heterocycles. The lowest BCUT2D eigenvalue weighted by atomic mass is 10.3. The summed E-state index contributed by atoms with van der Waals surface area (Å²) in [7, 11) is -1.22. The van der Waals surface area contributed by atoms with Gasteiger partial charge in [-0.2, -0.15) is 15.1 Å². The Morgan fingerprint density at radius 3 is 2.68 bits per heavy atom. The van der Waals surface area contributed by atoms with Crippen molar-refractivity contribution in [2.75, 3.05) is 18.5 Å². The number of benzene rings is 1. The Bertz CT molecular complexity index is 1040.